The second-order valence-electron chi connectivity index (χ2n) is 9.23. The third-order valence-corrected chi connectivity index (χ3v) is 7.33. The van der Waals surface area contributed by atoms with Crippen LogP contribution >= 0.6 is 7.82 Å². The van der Waals surface area contributed by atoms with Gasteiger partial charge >= 0.3 is 13.8 Å². The number of phosphoric acid groups is 1. The molecule has 4 N–H and O–H groups in total. The zero-order valence-electron chi connectivity index (χ0n) is 21.6. The fourth-order valence-electron chi connectivity index (χ4n) is 4.37. The fraction of sp³-hybridized carbons (Fsp3) is 0.200. The van der Waals surface area contributed by atoms with Gasteiger partial charge < -0.3 is 39.1 Å². The molecule has 16 nitrogen and oxygen atoms in total. The van der Waals surface area contributed by atoms with Gasteiger partial charge in [-0.3, -0.25) is 9.13 Å². The number of halogens is 1. The topological polar surface area (TPSA) is 234 Å². The Balaban J connectivity index is 1.10. The average Bonchev–Trinajstić information content (AvgIpc) is 3.71. The zero-order valence-corrected chi connectivity index (χ0v) is 22.5. The van der Waals surface area contributed by atoms with Gasteiger partial charge in [0.15, 0.2) is 17.7 Å². The lowest BCUT2D eigenvalue weighted by atomic mass is 10.1. The molecule has 5 aromatic rings. The van der Waals surface area contributed by atoms with Gasteiger partial charge in [0.2, 0.25) is 5.82 Å². The van der Waals surface area contributed by atoms with E-state index in [1.54, 1.807) is 6.07 Å². The van der Waals surface area contributed by atoms with E-state index in [2.05, 4.69) is 29.6 Å². The molecule has 4 heterocycles. The molecule has 222 valence electrons. The molecule has 1 unspecified atom stereocenters. The van der Waals surface area contributed by atoms with Gasteiger partial charge in [-0.25, -0.2) is 24.1 Å². The zero-order chi connectivity index (χ0) is 30.3. The van der Waals surface area contributed by atoms with Crippen molar-refractivity contribution in [2.45, 2.75) is 24.5 Å². The number of aliphatic hydroxyl groups is 2. The van der Waals surface area contributed by atoms with Crippen LogP contribution in [0.4, 0.5) is 10.2 Å². The summed E-state index contributed by atoms with van der Waals surface area (Å²) in [6.07, 6.45) is -3.23. The van der Waals surface area contributed by atoms with E-state index >= 15 is 0 Å². The Labute approximate surface area is 240 Å². The summed E-state index contributed by atoms with van der Waals surface area (Å²) >= 11 is 0. The first-order chi connectivity index (χ1) is 20.6. The second kappa shape index (κ2) is 11.2. The van der Waals surface area contributed by atoms with Gasteiger partial charge in [0.05, 0.1) is 24.1 Å². The van der Waals surface area contributed by atoms with Crippen LogP contribution in [0, 0.1) is 5.82 Å². The van der Waals surface area contributed by atoms with E-state index in [1.165, 1.54) is 59.7 Å². The number of aliphatic hydroxyl groups excluding tert-OH is 2. The standard InChI is InChI=1S/C25H21FN7O9P/c26-15-7-2-1-6-14(15)23-31-21(32-41-23)12-4-3-5-13(8-12)25(36)42-43(37,38)39-9-16-18(34)19(35)24(40-16)33-11-30-17-20(27)28-10-29-22(17)33/h1-8,10-11,16,18-19,24,34-35H,9H2,(H,37,38)(H2,27,28,29)/p-1/t16-,18-,19-,24-/m1/s1. The minimum atomic E-state index is -5.29. The molecule has 1 aliphatic heterocycles. The number of nitrogens with zero attached hydrogens (tertiary/aromatic N) is 6. The van der Waals surface area contributed by atoms with Crippen LogP contribution in [0.5, 0.6) is 0 Å². The van der Waals surface area contributed by atoms with Gasteiger partial charge in [0.1, 0.15) is 36.0 Å². The maximum Gasteiger partial charge on any atom is 0.343 e. The highest BCUT2D eigenvalue weighted by molar-refractivity contribution is 7.46. The molecule has 18 heteroatoms. The highest BCUT2D eigenvalue weighted by Crippen LogP contribution is 2.41. The van der Waals surface area contributed by atoms with E-state index < -0.39 is 50.8 Å². The van der Waals surface area contributed by atoms with Crippen LogP contribution in [0.1, 0.15) is 16.6 Å². The van der Waals surface area contributed by atoms with Crippen LogP contribution in [-0.4, -0.2) is 70.8 Å². The van der Waals surface area contributed by atoms with Crippen LogP contribution < -0.4 is 10.6 Å². The summed E-state index contributed by atoms with van der Waals surface area (Å²) in [7, 11) is -5.29. The van der Waals surface area contributed by atoms with E-state index in [0.717, 1.165) is 0 Å². The van der Waals surface area contributed by atoms with Crippen molar-refractivity contribution in [3.63, 3.8) is 0 Å². The van der Waals surface area contributed by atoms with Gasteiger partial charge in [-0.2, -0.15) is 4.98 Å². The molecule has 0 aliphatic carbocycles. The van der Waals surface area contributed by atoms with Crippen LogP contribution in [0.3, 0.4) is 0 Å². The van der Waals surface area contributed by atoms with E-state index in [-0.39, 0.29) is 45.4 Å². The number of hydrogen-bond donors (Lipinski definition) is 3. The summed E-state index contributed by atoms with van der Waals surface area (Å²) in [5, 5.41) is 24.8. The van der Waals surface area contributed by atoms with E-state index in [1.807, 2.05) is 0 Å². The average molecular weight is 612 g/mol. The van der Waals surface area contributed by atoms with Crippen molar-refractivity contribution in [3.8, 4) is 22.8 Å². The Kier molecular flexibility index (Phi) is 7.43. The Morgan fingerprint density at radius 3 is 2.77 bits per heavy atom. The summed E-state index contributed by atoms with van der Waals surface area (Å²) in [6.45, 7) is -0.797. The minimum absolute atomic E-state index is 0.00904. The number of ether oxygens (including phenoxy) is 1. The van der Waals surface area contributed by atoms with Crippen molar-refractivity contribution in [2.75, 3.05) is 12.3 Å². The number of hydrogen-bond acceptors (Lipinski definition) is 15. The number of carbonyl (C=O) groups excluding carboxylic acids is 1. The molecule has 0 radical (unpaired) electrons. The number of anilines is 1. The largest absolute Gasteiger partial charge is 0.746 e. The molecule has 1 saturated heterocycles. The van der Waals surface area contributed by atoms with Gasteiger partial charge in [-0.05, 0) is 24.3 Å². The maximum atomic E-state index is 14.1. The SMILES string of the molecule is Nc1ncnc2c1ncn2[C@@H]1O[C@H](COP(=O)([O-])OC(=O)c2cccc(-c3noc(-c4ccccc4F)n3)c2)[C@@H](O)[C@H]1O. The van der Waals surface area contributed by atoms with Crippen molar-refractivity contribution in [3.05, 3.63) is 72.6 Å². The summed E-state index contributed by atoms with van der Waals surface area (Å²) in [4.78, 5) is 41.2. The smallest absolute Gasteiger partial charge is 0.343 e. The van der Waals surface area contributed by atoms with Gasteiger partial charge in [0.25, 0.3) is 5.89 Å². The molecular weight excluding hydrogens is 592 g/mol. The first-order valence-corrected chi connectivity index (χ1v) is 13.9. The highest BCUT2D eigenvalue weighted by atomic mass is 31.2. The number of phosphoric ester groups is 1. The highest BCUT2D eigenvalue weighted by Gasteiger charge is 2.45. The van der Waals surface area contributed by atoms with E-state index in [4.69, 9.17) is 19.5 Å². The van der Waals surface area contributed by atoms with Gasteiger partial charge in [-0.1, -0.05) is 29.4 Å². The quantitative estimate of drug-likeness (QED) is 0.209. The Morgan fingerprint density at radius 2 is 1.95 bits per heavy atom. The molecule has 3 aromatic heterocycles. The number of imidazole rings is 1. The van der Waals surface area contributed by atoms with Crippen molar-refractivity contribution in [2.24, 2.45) is 0 Å². The number of aromatic nitrogens is 6. The molecule has 1 fully saturated rings. The maximum absolute atomic E-state index is 14.1. The lowest BCUT2D eigenvalue weighted by Gasteiger charge is -2.24. The minimum Gasteiger partial charge on any atom is -0.746 e. The lowest BCUT2D eigenvalue weighted by Crippen LogP contribution is -2.34. The number of benzene rings is 2. The summed E-state index contributed by atoms with van der Waals surface area (Å²) in [6, 6.07) is 11.2. The molecule has 2 aromatic carbocycles. The second-order valence-corrected chi connectivity index (χ2v) is 10.6. The predicted octanol–water partition coefficient (Wildman–Crippen LogP) is 1.23. The summed E-state index contributed by atoms with van der Waals surface area (Å²) < 4.78 is 47.9. The fourth-order valence-corrected chi connectivity index (χ4v) is 5.06. The van der Waals surface area contributed by atoms with Gasteiger partial charge in [-0.15, -0.1) is 0 Å². The Hall–Kier alpha value is -4.64. The molecule has 6 rings (SSSR count). The number of nitrogen functional groups attached to an aromatic ring is 1. The normalized spacial score (nSPS) is 21.6. The molecule has 0 bridgehead atoms. The Morgan fingerprint density at radius 1 is 1.14 bits per heavy atom. The molecule has 0 amide bonds. The number of carbonyl (C=O) groups is 1. The number of rotatable bonds is 8. The van der Waals surface area contributed by atoms with Crippen molar-refractivity contribution in [1.82, 2.24) is 29.7 Å². The van der Waals surface area contributed by atoms with Crippen molar-refractivity contribution >= 4 is 30.8 Å². The molecular formula is C25H20FN7O9P-. The van der Waals surface area contributed by atoms with Gasteiger partial charge in [0, 0.05) is 5.56 Å². The van der Waals surface area contributed by atoms with Crippen LogP contribution in [0.2, 0.25) is 0 Å². The van der Waals surface area contributed by atoms with Crippen LogP contribution in [0.25, 0.3) is 34.0 Å². The first-order valence-electron chi connectivity index (χ1n) is 12.4. The number of fused-ring (bicyclic) bond motifs is 1. The molecule has 5 atom stereocenters. The Bertz CT molecular complexity index is 1870. The van der Waals surface area contributed by atoms with E-state index in [9.17, 15) is 28.9 Å². The lowest BCUT2D eigenvalue weighted by molar-refractivity contribution is -0.222. The summed E-state index contributed by atoms with van der Waals surface area (Å²) in [5.74, 6) is -1.86. The van der Waals surface area contributed by atoms with Crippen LogP contribution in [0.15, 0.2) is 65.7 Å². The number of nitrogens with two attached hydrogens (primary N) is 1. The molecule has 1 aliphatic rings. The third-order valence-electron chi connectivity index (χ3n) is 6.48. The van der Waals surface area contributed by atoms with E-state index in [0.29, 0.717) is 0 Å². The molecule has 43 heavy (non-hydrogen) atoms. The third kappa shape index (κ3) is 5.60. The first kappa shape index (κ1) is 28.5. The monoisotopic (exact) mass is 612 g/mol. The molecule has 0 saturated carbocycles. The predicted molar refractivity (Wildman–Crippen MR) is 140 cm³/mol. The van der Waals surface area contributed by atoms with Crippen molar-refractivity contribution < 1.29 is 47.2 Å². The summed E-state index contributed by atoms with van der Waals surface area (Å²) in [5.41, 5.74) is 6.35. The van der Waals surface area contributed by atoms with Crippen LogP contribution in [-0.2, 0) is 18.3 Å². The molecule has 0 spiro atoms. The van der Waals surface area contributed by atoms with Crippen molar-refractivity contribution in [1.29, 1.82) is 0 Å².